The maximum atomic E-state index is 6.14. The van der Waals surface area contributed by atoms with Gasteiger partial charge in [-0.25, -0.2) is 9.97 Å². The summed E-state index contributed by atoms with van der Waals surface area (Å²) >= 11 is 6.14. The van der Waals surface area contributed by atoms with Crippen LogP contribution in [0.2, 0.25) is 5.15 Å². The van der Waals surface area contributed by atoms with Gasteiger partial charge in [0, 0.05) is 5.56 Å². The Balaban J connectivity index is 2.41. The summed E-state index contributed by atoms with van der Waals surface area (Å²) < 4.78 is 5.31. The molecule has 2 rings (SSSR count). The lowest BCUT2D eigenvalue weighted by atomic mass is 10.1. The first-order valence-electron chi connectivity index (χ1n) is 6.04. The maximum Gasteiger partial charge on any atom is 0.142 e. The Morgan fingerprint density at radius 2 is 1.95 bits per heavy atom. The number of hydrogen-bond donors (Lipinski definition) is 1. The fraction of sp³-hybridized carbons (Fsp3) is 0.286. The maximum absolute atomic E-state index is 6.14. The van der Waals surface area contributed by atoms with Crippen LogP contribution in [-0.4, -0.2) is 17.1 Å². The van der Waals surface area contributed by atoms with Gasteiger partial charge in [0.25, 0.3) is 0 Å². The lowest BCUT2D eigenvalue weighted by Gasteiger charge is -2.15. The van der Waals surface area contributed by atoms with Crippen molar-refractivity contribution in [1.82, 2.24) is 9.97 Å². The SMILES string of the molecule is COc1ccccc1Nc1ncnc(Cl)c1C(C)C. The molecule has 19 heavy (non-hydrogen) atoms. The fourth-order valence-corrected chi connectivity index (χ4v) is 2.21. The van der Waals surface area contributed by atoms with Crippen molar-refractivity contribution in [1.29, 1.82) is 0 Å². The molecule has 0 saturated carbocycles. The average Bonchev–Trinajstić information content (AvgIpc) is 2.39. The highest BCUT2D eigenvalue weighted by atomic mass is 35.5. The van der Waals surface area contributed by atoms with Gasteiger partial charge >= 0.3 is 0 Å². The van der Waals surface area contributed by atoms with Gasteiger partial charge in [0.2, 0.25) is 0 Å². The van der Waals surface area contributed by atoms with Gasteiger partial charge in [0.05, 0.1) is 12.8 Å². The van der Waals surface area contributed by atoms with E-state index in [1.54, 1.807) is 7.11 Å². The highest BCUT2D eigenvalue weighted by Gasteiger charge is 2.14. The molecule has 0 aliphatic carbocycles. The topological polar surface area (TPSA) is 47.0 Å². The lowest BCUT2D eigenvalue weighted by molar-refractivity contribution is 0.417. The van der Waals surface area contributed by atoms with Crippen molar-refractivity contribution in [3.05, 3.63) is 41.3 Å². The Hall–Kier alpha value is -1.81. The van der Waals surface area contributed by atoms with Gasteiger partial charge in [-0.05, 0) is 18.1 Å². The molecule has 0 radical (unpaired) electrons. The quantitative estimate of drug-likeness (QED) is 0.858. The van der Waals surface area contributed by atoms with Gasteiger partial charge in [0.15, 0.2) is 0 Å². The third-order valence-corrected chi connectivity index (χ3v) is 3.07. The minimum absolute atomic E-state index is 0.228. The second-order valence-electron chi connectivity index (χ2n) is 4.41. The smallest absolute Gasteiger partial charge is 0.142 e. The number of nitrogens with zero attached hydrogens (tertiary/aromatic N) is 2. The molecule has 0 saturated heterocycles. The fourth-order valence-electron chi connectivity index (χ4n) is 1.86. The zero-order valence-corrected chi connectivity index (χ0v) is 11.9. The van der Waals surface area contributed by atoms with Crippen LogP contribution < -0.4 is 10.1 Å². The highest BCUT2D eigenvalue weighted by Crippen LogP contribution is 2.32. The summed E-state index contributed by atoms with van der Waals surface area (Å²) in [7, 11) is 1.64. The molecule has 0 aliphatic rings. The van der Waals surface area contributed by atoms with Gasteiger partial charge in [0.1, 0.15) is 23.0 Å². The normalized spacial score (nSPS) is 10.6. The molecule has 0 fully saturated rings. The predicted octanol–water partition coefficient (Wildman–Crippen LogP) is 4.01. The van der Waals surface area contributed by atoms with Crippen molar-refractivity contribution in [2.75, 3.05) is 12.4 Å². The van der Waals surface area contributed by atoms with Crippen LogP contribution in [0.25, 0.3) is 0 Å². The van der Waals surface area contributed by atoms with Crippen molar-refractivity contribution < 1.29 is 4.74 Å². The molecule has 0 unspecified atom stereocenters. The Morgan fingerprint density at radius 1 is 1.21 bits per heavy atom. The number of rotatable bonds is 4. The van der Waals surface area contributed by atoms with Crippen LogP contribution in [0.5, 0.6) is 5.75 Å². The summed E-state index contributed by atoms with van der Waals surface area (Å²) in [6.07, 6.45) is 1.45. The van der Waals surface area contributed by atoms with Gasteiger partial charge in [-0.3, -0.25) is 0 Å². The van der Waals surface area contributed by atoms with Gasteiger partial charge in [-0.2, -0.15) is 0 Å². The number of aromatic nitrogens is 2. The van der Waals surface area contributed by atoms with Crippen molar-refractivity contribution in [3.63, 3.8) is 0 Å². The minimum atomic E-state index is 0.228. The van der Waals surface area contributed by atoms with Crippen LogP contribution >= 0.6 is 11.6 Å². The number of nitrogens with one attached hydrogen (secondary N) is 1. The molecule has 1 heterocycles. The minimum Gasteiger partial charge on any atom is -0.495 e. The van der Waals surface area contributed by atoms with E-state index in [4.69, 9.17) is 16.3 Å². The molecule has 0 spiro atoms. The van der Waals surface area contributed by atoms with Gasteiger partial charge in [-0.1, -0.05) is 37.6 Å². The van der Waals surface area contributed by atoms with Crippen LogP contribution in [-0.2, 0) is 0 Å². The standard InChI is InChI=1S/C14H16ClN3O/c1-9(2)12-13(15)16-8-17-14(12)18-10-6-4-5-7-11(10)19-3/h4-9H,1-3H3,(H,16,17,18). The number of halogens is 1. The van der Waals surface area contributed by atoms with E-state index < -0.39 is 0 Å². The number of para-hydroxylation sites is 2. The molecule has 1 aromatic carbocycles. The highest BCUT2D eigenvalue weighted by molar-refractivity contribution is 6.30. The van der Waals surface area contributed by atoms with E-state index in [0.29, 0.717) is 11.0 Å². The molecule has 1 aromatic heterocycles. The number of benzene rings is 1. The third-order valence-electron chi connectivity index (χ3n) is 2.77. The molecular weight excluding hydrogens is 262 g/mol. The van der Waals surface area contributed by atoms with Crippen LogP contribution in [0.3, 0.4) is 0 Å². The summed E-state index contributed by atoms with van der Waals surface area (Å²) in [6.45, 7) is 4.11. The van der Waals surface area contributed by atoms with Gasteiger partial charge in [-0.15, -0.1) is 0 Å². The lowest BCUT2D eigenvalue weighted by Crippen LogP contribution is -2.03. The van der Waals surface area contributed by atoms with Crippen LogP contribution in [0.1, 0.15) is 25.3 Å². The van der Waals surface area contributed by atoms with E-state index in [1.165, 1.54) is 6.33 Å². The molecule has 0 bridgehead atoms. The Labute approximate surface area is 117 Å². The van der Waals surface area contributed by atoms with Gasteiger partial charge < -0.3 is 10.1 Å². The number of ether oxygens (including phenoxy) is 1. The van der Waals surface area contributed by atoms with E-state index >= 15 is 0 Å². The monoisotopic (exact) mass is 277 g/mol. The first-order chi connectivity index (χ1) is 9.13. The van der Waals surface area contributed by atoms with Crippen LogP contribution in [0.4, 0.5) is 11.5 Å². The number of anilines is 2. The largest absolute Gasteiger partial charge is 0.495 e. The van der Waals surface area contributed by atoms with Crippen LogP contribution in [0, 0.1) is 0 Å². The molecule has 0 amide bonds. The van der Waals surface area contributed by atoms with Crippen molar-refractivity contribution in [2.24, 2.45) is 0 Å². The van der Waals surface area contributed by atoms with E-state index in [-0.39, 0.29) is 5.92 Å². The van der Waals surface area contributed by atoms with Crippen molar-refractivity contribution >= 4 is 23.1 Å². The first kappa shape index (κ1) is 13.6. The van der Waals surface area contributed by atoms with E-state index in [2.05, 4.69) is 29.1 Å². The Bertz CT molecular complexity index is 572. The second kappa shape index (κ2) is 5.89. The molecular formula is C14H16ClN3O. The number of hydrogen-bond acceptors (Lipinski definition) is 4. The van der Waals surface area contributed by atoms with Crippen LogP contribution in [0.15, 0.2) is 30.6 Å². The Kier molecular flexibility index (Phi) is 4.22. The zero-order valence-electron chi connectivity index (χ0n) is 11.1. The van der Waals surface area contributed by atoms with E-state index in [9.17, 15) is 0 Å². The third kappa shape index (κ3) is 2.96. The van der Waals surface area contributed by atoms with E-state index in [1.807, 2.05) is 24.3 Å². The molecule has 2 aromatic rings. The van der Waals surface area contributed by atoms with E-state index in [0.717, 1.165) is 17.0 Å². The molecule has 0 atom stereocenters. The average molecular weight is 278 g/mol. The van der Waals surface area contributed by atoms with Crippen molar-refractivity contribution in [3.8, 4) is 5.75 Å². The summed E-state index contributed by atoms with van der Waals surface area (Å²) in [4.78, 5) is 8.30. The predicted molar refractivity (Wildman–Crippen MR) is 77.4 cm³/mol. The summed E-state index contributed by atoms with van der Waals surface area (Å²) in [5.41, 5.74) is 1.75. The molecule has 5 heteroatoms. The summed E-state index contributed by atoms with van der Waals surface area (Å²) in [5, 5.41) is 3.73. The molecule has 1 N–H and O–H groups in total. The first-order valence-corrected chi connectivity index (χ1v) is 6.41. The van der Waals surface area contributed by atoms with Crippen molar-refractivity contribution in [2.45, 2.75) is 19.8 Å². The Morgan fingerprint density at radius 3 is 2.63 bits per heavy atom. The molecule has 100 valence electrons. The zero-order chi connectivity index (χ0) is 13.8. The molecule has 0 aliphatic heterocycles. The summed E-state index contributed by atoms with van der Waals surface area (Å²) in [5.74, 6) is 1.69. The summed E-state index contributed by atoms with van der Waals surface area (Å²) in [6, 6.07) is 7.67. The molecule has 4 nitrogen and oxygen atoms in total. The number of methoxy groups -OCH3 is 1. The second-order valence-corrected chi connectivity index (χ2v) is 4.76.